The summed E-state index contributed by atoms with van der Waals surface area (Å²) < 4.78 is 0. The van der Waals surface area contributed by atoms with Crippen LogP contribution in [0.1, 0.15) is 60.8 Å². The minimum Gasteiger partial charge on any atom is -0.357 e. The van der Waals surface area contributed by atoms with Crippen LogP contribution in [-0.4, -0.2) is 33.9 Å². The summed E-state index contributed by atoms with van der Waals surface area (Å²) in [5.41, 5.74) is 3.86. The number of carbonyl (C=O) groups excluding carboxylic acids is 1. The van der Waals surface area contributed by atoms with Gasteiger partial charge in [-0.2, -0.15) is 0 Å². The SMILES string of the molecule is CCN(CC)c1cc(C(C)C)nc(SCc2ccc(C(=O)NCc3ccncc3)cc2)n1. The summed E-state index contributed by atoms with van der Waals surface area (Å²) in [6.45, 7) is 10.9. The van der Waals surface area contributed by atoms with E-state index in [1.54, 1.807) is 24.2 Å². The smallest absolute Gasteiger partial charge is 0.251 e. The van der Waals surface area contributed by atoms with Crippen LogP contribution in [0.3, 0.4) is 0 Å². The maximum atomic E-state index is 12.4. The molecule has 7 heteroatoms. The predicted molar refractivity (Wildman–Crippen MR) is 131 cm³/mol. The van der Waals surface area contributed by atoms with Crippen LogP contribution in [0, 0.1) is 0 Å². The molecule has 2 heterocycles. The van der Waals surface area contributed by atoms with E-state index >= 15 is 0 Å². The number of rotatable bonds is 10. The van der Waals surface area contributed by atoms with Crippen molar-refractivity contribution in [3.05, 3.63) is 77.2 Å². The van der Waals surface area contributed by atoms with E-state index in [4.69, 9.17) is 9.97 Å². The highest BCUT2D eigenvalue weighted by Crippen LogP contribution is 2.25. The van der Waals surface area contributed by atoms with Crippen molar-refractivity contribution >= 4 is 23.5 Å². The molecule has 168 valence electrons. The number of anilines is 1. The number of thioether (sulfide) groups is 1. The summed E-state index contributed by atoms with van der Waals surface area (Å²) in [6, 6.07) is 13.6. The average Bonchev–Trinajstić information content (AvgIpc) is 2.83. The van der Waals surface area contributed by atoms with Crippen molar-refractivity contribution in [2.45, 2.75) is 51.1 Å². The van der Waals surface area contributed by atoms with Crippen LogP contribution >= 0.6 is 11.8 Å². The number of nitrogens with one attached hydrogen (secondary N) is 1. The fourth-order valence-electron chi connectivity index (χ4n) is 3.19. The van der Waals surface area contributed by atoms with E-state index in [2.05, 4.69) is 49.0 Å². The number of pyridine rings is 1. The summed E-state index contributed by atoms with van der Waals surface area (Å²) in [7, 11) is 0. The Morgan fingerprint density at radius 2 is 1.69 bits per heavy atom. The molecule has 0 saturated heterocycles. The summed E-state index contributed by atoms with van der Waals surface area (Å²) in [6.07, 6.45) is 3.44. The third kappa shape index (κ3) is 6.53. The van der Waals surface area contributed by atoms with Gasteiger partial charge in [0.1, 0.15) is 5.82 Å². The molecule has 0 spiro atoms. The van der Waals surface area contributed by atoms with E-state index in [0.717, 1.165) is 46.6 Å². The van der Waals surface area contributed by atoms with Crippen molar-refractivity contribution in [2.24, 2.45) is 0 Å². The third-order valence-corrected chi connectivity index (χ3v) is 6.10. The normalized spacial score (nSPS) is 10.9. The maximum Gasteiger partial charge on any atom is 0.251 e. The van der Waals surface area contributed by atoms with E-state index in [1.165, 1.54) is 0 Å². The minimum atomic E-state index is -0.0853. The lowest BCUT2D eigenvalue weighted by Gasteiger charge is -2.21. The molecule has 0 unspecified atom stereocenters. The highest BCUT2D eigenvalue weighted by Gasteiger charge is 2.12. The number of amides is 1. The Bertz CT molecular complexity index is 1000. The molecule has 0 aliphatic heterocycles. The molecule has 1 N–H and O–H groups in total. The minimum absolute atomic E-state index is 0.0853. The highest BCUT2D eigenvalue weighted by atomic mass is 32.2. The molecule has 0 atom stereocenters. The molecule has 0 aliphatic carbocycles. The lowest BCUT2D eigenvalue weighted by molar-refractivity contribution is 0.0951. The van der Waals surface area contributed by atoms with Crippen molar-refractivity contribution in [1.82, 2.24) is 20.3 Å². The van der Waals surface area contributed by atoms with E-state index in [9.17, 15) is 4.79 Å². The first-order valence-electron chi connectivity index (χ1n) is 11.0. The fourth-order valence-corrected chi connectivity index (χ4v) is 4.00. The Balaban J connectivity index is 1.62. The topological polar surface area (TPSA) is 71.0 Å². The van der Waals surface area contributed by atoms with Gasteiger partial charge in [-0.15, -0.1) is 0 Å². The Hall–Kier alpha value is -2.93. The van der Waals surface area contributed by atoms with Crippen LogP contribution in [0.5, 0.6) is 0 Å². The van der Waals surface area contributed by atoms with E-state index in [-0.39, 0.29) is 5.91 Å². The van der Waals surface area contributed by atoms with Gasteiger partial charge >= 0.3 is 0 Å². The summed E-state index contributed by atoms with van der Waals surface area (Å²) in [5.74, 6) is 1.99. The molecule has 0 fully saturated rings. The van der Waals surface area contributed by atoms with E-state index < -0.39 is 0 Å². The molecule has 3 rings (SSSR count). The molecule has 6 nitrogen and oxygen atoms in total. The first-order chi connectivity index (χ1) is 15.5. The fraction of sp³-hybridized carbons (Fsp3) is 0.360. The third-order valence-electron chi connectivity index (χ3n) is 5.18. The lowest BCUT2D eigenvalue weighted by Crippen LogP contribution is -2.23. The van der Waals surface area contributed by atoms with Gasteiger partial charge in [0.25, 0.3) is 5.91 Å². The Morgan fingerprint density at radius 3 is 2.31 bits per heavy atom. The van der Waals surface area contributed by atoms with Gasteiger partial charge in [-0.25, -0.2) is 9.97 Å². The van der Waals surface area contributed by atoms with Crippen LogP contribution in [0.25, 0.3) is 0 Å². The van der Waals surface area contributed by atoms with Crippen molar-refractivity contribution < 1.29 is 4.79 Å². The number of benzene rings is 1. The molecule has 1 amide bonds. The molecule has 0 radical (unpaired) electrons. The number of hydrogen-bond acceptors (Lipinski definition) is 6. The lowest BCUT2D eigenvalue weighted by atomic mass is 10.1. The van der Waals surface area contributed by atoms with Crippen LogP contribution < -0.4 is 10.2 Å². The van der Waals surface area contributed by atoms with Gasteiger partial charge in [-0.05, 0) is 55.2 Å². The van der Waals surface area contributed by atoms with Gasteiger partial charge in [0.15, 0.2) is 5.16 Å². The maximum absolute atomic E-state index is 12.4. The predicted octanol–water partition coefficient (Wildman–Crippen LogP) is 5.06. The first kappa shape index (κ1) is 23.7. The molecule has 0 aliphatic rings. The molecule has 1 aromatic carbocycles. The van der Waals surface area contributed by atoms with E-state index in [0.29, 0.717) is 18.0 Å². The monoisotopic (exact) mass is 449 g/mol. The Kier molecular flexibility index (Phi) is 8.62. The largest absolute Gasteiger partial charge is 0.357 e. The molecule has 0 saturated carbocycles. The standard InChI is InChI=1S/C25H31N5OS/c1-5-30(6-2)23-15-22(18(3)4)28-25(29-23)32-17-20-7-9-21(10-8-20)24(31)27-16-19-11-13-26-14-12-19/h7-15,18H,5-6,16-17H2,1-4H3,(H,27,31). The molecule has 2 aromatic heterocycles. The van der Waals surface area contributed by atoms with Crippen LogP contribution in [0.15, 0.2) is 60.0 Å². The van der Waals surface area contributed by atoms with Gasteiger partial charge in [0.2, 0.25) is 0 Å². The zero-order chi connectivity index (χ0) is 22.9. The number of aromatic nitrogens is 3. The summed E-state index contributed by atoms with van der Waals surface area (Å²) in [5, 5.41) is 3.73. The second kappa shape index (κ2) is 11.6. The average molecular weight is 450 g/mol. The van der Waals surface area contributed by atoms with E-state index in [1.807, 2.05) is 36.4 Å². The van der Waals surface area contributed by atoms with Crippen LogP contribution in [-0.2, 0) is 12.3 Å². The van der Waals surface area contributed by atoms with Gasteiger partial charge in [0, 0.05) is 55.1 Å². The van der Waals surface area contributed by atoms with Crippen molar-refractivity contribution in [2.75, 3.05) is 18.0 Å². The number of nitrogens with zero attached hydrogens (tertiary/aromatic N) is 4. The van der Waals surface area contributed by atoms with Gasteiger partial charge in [-0.1, -0.05) is 37.7 Å². The Labute approximate surface area is 194 Å². The van der Waals surface area contributed by atoms with Crippen LogP contribution in [0.4, 0.5) is 5.82 Å². The highest BCUT2D eigenvalue weighted by molar-refractivity contribution is 7.98. The Morgan fingerprint density at radius 1 is 1.00 bits per heavy atom. The number of hydrogen-bond donors (Lipinski definition) is 1. The zero-order valence-electron chi connectivity index (χ0n) is 19.2. The van der Waals surface area contributed by atoms with Crippen molar-refractivity contribution in [3.63, 3.8) is 0 Å². The molecule has 32 heavy (non-hydrogen) atoms. The second-order valence-corrected chi connectivity index (χ2v) is 8.73. The van der Waals surface area contributed by atoms with Gasteiger partial charge in [0.05, 0.1) is 0 Å². The molecular formula is C25H31N5OS. The molecular weight excluding hydrogens is 418 g/mol. The van der Waals surface area contributed by atoms with Crippen molar-refractivity contribution in [3.8, 4) is 0 Å². The second-order valence-electron chi connectivity index (χ2n) is 7.78. The molecule has 3 aromatic rings. The zero-order valence-corrected chi connectivity index (χ0v) is 20.0. The summed E-state index contributed by atoms with van der Waals surface area (Å²) >= 11 is 1.62. The quantitative estimate of drug-likeness (QED) is 0.344. The first-order valence-corrected chi connectivity index (χ1v) is 12.0. The van der Waals surface area contributed by atoms with Gasteiger partial charge in [-0.3, -0.25) is 9.78 Å². The molecule has 0 bridgehead atoms. The van der Waals surface area contributed by atoms with Crippen molar-refractivity contribution in [1.29, 1.82) is 0 Å². The number of carbonyl (C=O) groups is 1. The van der Waals surface area contributed by atoms with Crippen LogP contribution in [0.2, 0.25) is 0 Å². The van der Waals surface area contributed by atoms with Gasteiger partial charge < -0.3 is 10.2 Å². The summed E-state index contributed by atoms with van der Waals surface area (Å²) in [4.78, 5) is 28.2.